The fraction of sp³-hybridized carbons (Fsp3) is 0.606. The quantitative estimate of drug-likeness (QED) is 0.275. The van der Waals surface area contributed by atoms with Gasteiger partial charge in [-0.3, -0.25) is 9.32 Å². The molecule has 0 heterocycles. The molecule has 0 amide bonds. The lowest BCUT2D eigenvalue weighted by atomic mass is 9.78. The molecule has 0 fully saturated rings. The lowest BCUT2D eigenvalue weighted by Crippen LogP contribution is -2.20. The Morgan fingerprint density at radius 1 is 0.875 bits per heavy atom. The normalized spacial score (nSPS) is 15.0. The van der Waals surface area contributed by atoms with Gasteiger partial charge < -0.3 is 14.7 Å². The molecule has 2 unspecified atom stereocenters. The van der Waals surface area contributed by atoms with Gasteiger partial charge in [-0.15, -0.1) is 0 Å². The van der Waals surface area contributed by atoms with Gasteiger partial charge >= 0.3 is 13.6 Å². The lowest BCUT2D eigenvalue weighted by Gasteiger charge is -2.33. The third-order valence-electron chi connectivity index (χ3n) is 7.20. The Bertz CT molecular complexity index is 1220. The van der Waals surface area contributed by atoms with Crippen LogP contribution in [-0.2, 0) is 36.5 Å². The molecule has 0 aliphatic carbocycles. The zero-order valence-electron chi connectivity index (χ0n) is 26.7. The SMILES string of the molecule is CCOP(=O)(Oc1c(C)cc(CCC(=O)O)cc1C(C)(C)C)C(CC)c1cc(C(C)(C)C)c(O)c(C(C)(C)C)c1. The van der Waals surface area contributed by atoms with Crippen molar-refractivity contribution in [2.24, 2.45) is 0 Å². The second-order valence-electron chi connectivity index (χ2n) is 13.9. The van der Waals surface area contributed by atoms with Crippen molar-refractivity contribution >= 4 is 13.6 Å². The summed E-state index contributed by atoms with van der Waals surface area (Å²) >= 11 is 0. The zero-order chi connectivity index (χ0) is 30.8. The summed E-state index contributed by atoms with van der Waals surface area (Å²) in [7, 11) is -3.78. The van der Waals surface area contributed by atoms with E-state index in [9.17, 15) is 19.6 Å². The number of hydrogen-bond acceptors (Lipinski definition) is 5. The number of rotatable bonds is 10. The largest absolute Gasteiger partial charge is 0.507 e. The van der Waals surface area contributed by atoms with Gasteiger partial charge in [0.15, 0.2) is 0 Å². The Kier molecular flexibility index (Phi) is 10.4. The number of phenolic OH excluding ortho intramolecular Hbond substituents is 1. The molecule has 0 spiro atoms. The van der Waals surface area contributed by atoms with E-state index in [1.807, 2.05) is 45.0 Å². The number of hydrogen-bond donors (Lipinski definition) is 2. The van der Waals surface area contributed by atoms with Crippen LogP contribution >= 0.6 is 7.60 Å². The van der Waals surface area contributed by atoms with E-state index in [1.54, 1.807) is 0 Å². The van der Waals surface area contributed by atoms with Gasteiger partial charge in [-0.2, -0.15) is 0 Å². The van der Waals surface area contributed by atoms with E-state index >= 15 is 0 Å². The van der Waals surface area contributed by atoms with Crippen LogP contribution < -0.4 is 4.52 Å². The summed E-state index contributed by atoms with van der Waals surface area (Å²) in [6.45, 7) is 24.4. The van der Waals surface area contributed by atoms with Gasteiger partial charge in [-0.25, -0.2) is 4.57 Å². The summed E-state index contributed by atoms with van der Waals surface area (Å²) in [6, 6.07) is 7.81. The maximum absolute atomic E-state index is 14.9. The van der Waals surface area contributed by atoms with Crippen LogP contribution in [0.4, 0.5) is 0 Å². The molecule has 6 nitrogen and oxygen atoms in total. The topological polar surface area (TPSA) is 93.1 Å². The van der Waals surface area contributed by atoms with Crippen LogP contribution in [0.15, 0.2) is 24.3 Å². The average molecular weight is 575 g/mol. The number of aryl methyl sites for hydroxylation is 2. The van der Waals surface area contributed by atoms with Crippen LogP contribution in [-0.4, -0.2) is 22.8 Å². The van der Waals surface area contributed by atoms with Crippen molar-refractivity contribution in [3.8, 4) is 11.5 Å². The lowest BCUT2D eigenvalue weighted by molar-refractivity contribution is -0.136. The maximum atomic E-state index is 14.9. The van der Waals surface area contributed by atoms with Crippen LogP contribution in [0.1, 0.15) is 128 Å². The summed E-state index contributed by atoms with van der Waals surface area (Å²) in [6.07, 6.45) is 0.945. The molecule has 0 saturated heterocycles. The molecule has 0 bridgehead atoms. The molecule has 224 valence electrons. The molecular formula is C33H51O6P. The highest BCUT2D eigenvalue weighted by molar-refractivity contribution is 7.54. The average Bonchev–Trinajstić information content (AvgIpc) is 2.78. The minimum Gasteiger partial charge on any atom is -0.507 e. The van der Waals surface area contributed by atoms with Crippen molar-refractivity contribution < 1.29 is 28.6 Å². The third-order valence-corrected chi connectivity index (χ3v) is 9.68. The Hall–Kier alpha value is -2.30. The first kappa shape index (κ1) is 33.9. The van der Waals surface area contributed by atoms with Gasteiger partial charge in [0, 0.05) is 12.0 Å². The molecular weight excluding hydrogens is 523 g/mol. The summed E-state index contributed by atoms with van der Waals surface area (Å²) in [4.78, 5) is 11.2. The summed E-state index contributed by atoms with van der Waals surface area (Å²) in [5.41, 5.74) is 3.38. The van der Waals surface area contributed by atoms with Crippen LogP contribution in [0.3, 0.4) is 0 Å². The molecule has 2 aromatic carbocycles. The predicted molar refractivity (Wildman–Crippen MR) is 164 cm³/mol. The summed E-state index contributed by atoms with van der Waals surface area (Å²) in [5, 5.41) is 20.5. The van der Waals surface area contributed by atoms with E-state index in [1.165, 1.54) is 0 Å². The fourth-order valence-corrected chi connectivity index (χ4v) is 7.22. The number of benzene rings is 2. The minimum atomic E-state index is -3.78. The molecule has 0 aromatic heterocycles. The van der Waals surface area contributed by atoms with Gasteiger partial charge in [-0.05, 0) is 70.8 Å². The smallest absolute Gasteiger partial charge is 0.386 e. The first-order chi connectivity index (χ1) is 18.2. The predicted octanol–water partition coefficient (Wildman–Crippen LogP) is 9.37. The third kappa shape index (κ3) is 7.91. The van der Waals surface area contributed by atoms with E-state index in [-0.39, 0.29) is 35.0 Å². The highest BCUT2D eigenvalue weighted by atomic mass is 31.2. The Morgan fingerprint density at radius 2 is 1.38 bits per heavy atom. The number of phenols is 1. The highest BCUT2D eigenvalue weighted by Crippen LogP contribution is 2.63. The van der Waals surface area contributed by atoms with E-state index in [4.69, 9.17) is 9.05 Å². The van der Waals surface area contributed by atoms with E-state index in [0.717, 1.165) is 33.4 Å². The second kappa shape index (κ2) is 12.3. The van der Waals surface area contributed by atoms with Crippen molar-refractivity contribution in [1.29, 1.82) is 0 Å². The Labute approximate surface area is 242 Å². The van der Waals surface area contributed by atoms with Gasteiger partial charge in [-0.1, -0.05) is 93.5 Å². The number of carbonyl (C=O) groups is 1. The second-order valence-corrected chi connectivity index (χ2v) is 16.0. The van der Waals surface area contributed by atoms with Gasteiger partial charge in [0.05, 0.1) is 12.3 Å². The molecule has 2 rings (SSSR count). The molecule has 40 heavy (non-hydrogen) atoms. The van der Waals surface area contributed by atoms with Crippen LogP contribution in [0, 0.1) is 6.92 Å². The number of carboxylic acids is 1. The first-order valence-electron chi connectivity index (χ1n) is 14.3. The number of aliphatic carboxylic acids is 1. The van der Waals surface area contributed by atoms with E-state index in [2.05, 4.69) is 62.3 Å². The van der Waals surface area contributed by atoms with Gasteiger partial charge in [0.2, 0.25) is 0 Å². The maximum Gasteiger partial charge on any atom is 0.386 e. The van der Waals surface area contributed by atoms with Crippen molar-refractivity contribution in [3.05, 3.63) is 57.6 Å². The molecule has 0 saturated carbocycles. The first-order valence-corrected chi connectivity index (χ1v) is 15.9. The molecule has 0 radical (unpaired) electrons. The Balaban J connectivity index is 2.79. The number of aromatic hydroxyl groups is 1. The fourth-order valence-electron chi connectivity index (χ4n) is 5.04. The van der Waals surface area contributed by atoms with Gasteiger partial charge in [0.25, 0.3) is 0 Å². The van der Waals surface area contributed by atoms with Crippen molar-refractivity contribution in [1.82, 2.24) is 0 Å². The van der Waals surface area contributed by atoms with Crippen molar-refractivity contribution in [2.75, 3.05) is 6.61 Å². The van der Waals surface area contributed by atoms with E-state index in [0.29, 0.717) is 18.6 Å². The highest BCUT2D eigenvalue weighted by Gasteiger charge is 2.41. The summed E-state index contributed by atoms with van der Waals surface area (Å²) in [5.74, 6) is -0.0543. The summed E-state index contributed by atoms with van der Waals surface area (Å²) < 4.78 is 27.5. The van der Waals surface area contributed by atoms with Crippen LogP contribution in [0.2, 0.25) is 0 Å². The monoisotopic (exact) mass is 574 g/mol. The Morgan fingerprint density at radius 3 is 1.77 bits per heavy atom. The van der Waals surface area contributed by atoms with Crippen LogP contribution in [0.25, 0.3) is 0 Å². The van der Waals surface area contributed by atoms with Crippen molar-refractivity contribution in [3.63, 3.8) is 0 Å². The zero-order valence-corrected chi connectivity index (χ0v) is 27.6. The van der Waals surface area contributed by atoms with Crippen molar-refractivity contribution in [2.45, 2.75) is 124 Å². The molecule has 2 atom stereocenters. The van der Waals surface area contributed by atoms with E-state index < -0.39 is 19.2 Å². The standard InChI is InChI=1S/C33H51O6P/c1-13-27(23-19-24(31(4,5)6)29(36)25(20-23)32(7,8)9)40(37,38-14-2)39-30-21(3)17-22(15-16-28(34)35)18-26(30)33(10,11)12/h17-20,27,36H,13-16H2,1-12H3,(H,34,35). The number of carboxylic acid groups (broad SMARTS) is 1. The molecule has 0 aliphatic rings. The molecule has 0 aliphatic heterocycles. The molecule has 2 N–H and O–H groups in total. The van der Waals surface area contributed by atoms with Gasteiger partial charge in [0.1, 0.15) is 11.5 Å². The minimum absolute atomic E-state index is 0.0334. The molecule has 7 heteroatoms. The molecule has 2 aromatic rings. The van der Waals surface area contributed by atoms with Crippen LogP contribution in [0.5, 0.6) is 11.5 Å².